The smallest absolute Gasteiger partial charge is 0.211 e. The minimum Gasteiger partial charge on any atom is -0.372 e. The van der Waals surface area contributed by atoms with E-state index in [4.69, 9.17) is 4.74 Å². The second-order valence-electron chi connectivity index (χ2n) is 6.22. The Hall–Kier alpha value is -0.540. The molecule has 1 N–H and O–H groups in total. The fourth-order valence-electron chi connectivity index (χ4n) is 3.08. The Morgan fingerprint density at radius 2 is 2.36 bits per heavy atom. The molecule has 0 unspecified atom stereocenters. The van der Waals surface area contributed by atoms with Crippen molar-refractivity contribution in [1.29, 1.82) is 0 Å². The average molecular weight is 345 g/mol. The quantitative estimate of drug-likeness (QED) is 0.835. The van der Waals surface area contributed by atoms with Crippen molar-refractivity contribution in [2.75, 3.05) is 32.0 Å². The summed E-state index contributed by atoms with van der Waals surface area (Å²) < 4.78 is 31.7. The number of rotatable bonds is 6. The van der Waals surface area contributed by atoms with Gasteiger partial charge in [0.05, 0.1) is 24.5 Å². The Labute approximate surface area is 135 Å². The summed E-state index contributed by atoms with van der Waals surface area (Å²) in [5.41, 5.74) is -0.00259. The van der Waals surface area contributed by atoms with Gasteiger partial charge >= 0.3 is 0 Å². The summed E-state index contributed by atoms with van der Waals surface area (Å²) in [6, 6.07) is 0. The number of likely N-dealkylation sites (tertiary alicyclic amines) is 1. The standard InChI is InChI=1S/C14H23N3O3S2/c1-2-22(18,19)16-7-12-3-4-14(20-9-12)10-17(11-14)8-13-15-5-6-21-13/h5-6,12,16H,2-4,7-11H2,1H3/t12-/m1/s1. The summed E-state index contributed by atoms with van der Waals surface area (Å²) in [6.45, 7) is 5.62. The van der Waals surface area contributed by atoms with Gasteiger partial charge in [0.2, 0.25) is 10.0 Å². The Morgan fingerprint density at radius 1 is 1.55 bits per heavy atom. The summed E-state index contributed by atoms with van der Waals surface area (Å²) in [5.74, 6) is 0.427. The molecule has 0 bridgehead atoms. The molecule has 0 radical (unpaired) electrons. The van der Waals surface area contributed by atoms with Gasteiger partial charge in [-0.3, -0.25) is 4.90 Å². The van der Waals surface area contributed by atoms with Gasteiger partial charge in [0.25, 0.3) is 0 Å². The fraction of sp³-hybridized carbons (Fsp3) is 0.786. The molecule has 8 heteroatoms. The zero-order valence-corrected chi connectivity index (χ0v) is 14.5. The van der Waals surface area contributed by atoms with Crippen LogP contribution < -0.4 is 4.72 Å². The summed E-state index contributed by atoms with van der Waals surface area (Å²) in [7, 11) is -3.10. The molecule has 0 amide bonds. The Bertz CT molecular complexity index is 572. The lowest BCUT2D eigenvalue weighted by molar-refractivity contribution is -0.181. The summed E-state index contributed by atoms with van der Waals surface area (Å²) in [4.78, 5) is 6.67. The molecular weight excluding hydrogens is 322 g/mol. The normalized spacial score (nSPS) is 25.2. The molecule has 2 saturated heterocycles. The van der Waals surface area contributed by atoms with Crippen LogP contribution in [0.3, 0.4) is 0 Å². The third-order valence-electron chi connectivity index (χ3n) is 4.47. The van der Waals surface area contributed by atoms with Gasteiger partial charge in [-0.2, -0.15) is 0 Å². The first-order valence-corrected chi connectivity index (χ1v) is 10.3. The van der Waals surface area contributed by atoms with Crippen LogP contribution in [-0.2, 0) is 21.3 Å². The molecule has 0 aliphatic carbocycles. The van der Waals surface area contributed by atoms with Crippen LogP contribution in [0.25, 0.3) is 0 Å². The molecule has 2 fully saturated rings. The highest BCUT2D eigenvalue weighted by Crippen LogP contribution is 2.36. The highest BCUT2D eigenvalue weighted by molar-refractivity contribution is 7.89. The monoisotopic (exact) mass is 345 g/mol. The molecule has 22 heavy (non-hydrogen) atoms. The molecule has 2 aliphatic rings. The van der Waals surface area contributed by atoms with Crippen LogP contribution in [0.5, 0.6) is 0 Å². The number of sulfonamides is 1. The highest BCUT2D eigenvalue weighted by Gasteiger charge is 2.46. The van der Waals surface area contributed by atoms with Gasteiger partial charge < -0.3 is 4.74 Å². The maximum absolute atomic E-state index is 11.5. The van der Waals surface area contributed by atoms with Crippen LogP contribution in [0.1, 0.15) is 24.8 Å². The van der Waals surface area contributed by atoms with E-state index in [-0.39, 0.29) is 11.4 Å². The summed E-state index contributed by atoms with van der Waals surface area (Å²) in [6.07, 6.45) is 3.88. The maximum Gasteiger partial charge on any atom is 0.211 e. The molecule has 1 spiro atoms. The van der Waals surface area contributed by atoms with Crippen molar-refractivity contribution in [2.45, 2.75) is 31.9 Å². The first-order chi connectivity index (χ1) is 10.5. The number of nitrogens with one attached hydrogen (secondary N) is 1. The molecule has 124 valence electrons. The zero-order valence-electron chi connectivity index (χ0n) is 12.8. The molecule has 3 rings (SSSR count). The van der Waals surface area contributed by atoms with Crippen molar-refractivity contribution in [3.8, 4) is 0 Å². The van der Waals surface area contributed by atoms with E-state index in [0.717, 1.165) is 37.5 Å². The lowest BCUT2D eigenvalue weighted by atomic mass is 9.83. The van der Waals surface area contributed by atoms with Crippen LogP contribution >= 0.6 is 11.3 Å². The van der Waals surface area contributed by atoms with E-state index in [1.54, 1.807) is 18.3 Å². The van der Waals surface area contributed by atoms with E-state index in [0.29, 0.717) is 19.1 Å². The minimum absolute atomic E-state index is 0.00259. The van der Waals surface area contributed by atoms with Gasteiger partial charge in [-0.25, -0.2) is 18.1 Å². The summed E-state index contributed by atoms with van der Waals surface area (Å²) >= 11 is 1.69. The van der Waals surface area contributed by atoms with E-state index >= 15 is 0 Å². The first-order valence-electron chi connectivity index (χ1n) is 7.72. The van der Waals surface area contributed by atoms with Gasteiger partial charge in [0, 0.05) is 31.2 Å². The van der Waals surface area contributed by atoms with Crippen molar-refractivity contribution in [1.82, 2.24) is 14.6 Å². The number of thiazole rings is 1. The van der Waals surface area contributed by atoms with E-state index in [1.165, 1.54) is 0 Å². The van der Waals surface area contributed by atoms with E-state index in [2.05, 4.69) is 14.6 Å². The average Bonchev–Trinajstić information content (AvgIpc) is 2.98. The Balaban J connectivity index is 1.40. The van der Waals surface area contributed by atoms with Crippen LogP contribution in [0.2, 0.25) is 0 Å². The van der Waals surface area contributed by atoms with Gasteiger partial charge in [-0.15, -0.1) is 11.3 Å². The Kier molecular flexibility index (Phi) is 4.84. The molecule has 1 aromatic heterocycles. The number of hydrogen-bond donors (Lipinski definition) is 1. The van der Waals surface area contributed by atoms with E-state index in [1.807, 2.05) is 11.6 Å². The van der Waals surface area contributed by atoms with Crippen molar-refractivity contribution in [2.24, 2.45) is 5.92 Å². The van der Waals surface area contributed by atoms with Crippen LogP contribution in [0.4, 0.5) is 0 Å². The number of ether oxygens (including phenoxy) is 1. The number of nitrogens with zero attached hydrogens (tertiary/aromatic N) is 2. The molecule has 2 aliphatic heterocycles. The number of hydrogen-bond acceptors (Lipinski definition) is 6. The minimum atomic E-state index is -3.10. The second kappa shape index (κ2) is 6.52. The molecular formula is C14H23N3O3S2. The largest absolute Gasteiger partial charge is 0.372 e. The molecule has 1 atom stereocenters. The fourth-order valence-corrected chi connectivity index (χ4v) is 4.43. The van der Waals surface area contributed by atoms with Crippen molar-refractivity contribution in [3.63, 3.8) is 0 Å². The predicted octanol–water partition coefficient (Wildman–Crippen LogP) is 1.06. The van der Waals surface area contributed by atoms with Crippen LogP contribution in [0.15, 0.2) is 11.6 Å². The van der Waals surface area contributed by atoms with Gasteiger partial charge in [0.15, 0.2) is 0 Å². The lowest BCUT2D eigenvalue weighted by Gasteiger charge is -2.52. The lowest BCUT2D eigenvalue weighted by Crippen LogP contribution is -2.64. The first kappa shape index (κ1) is 16.3. The number of aromatic nitrogens is 1. The second-order valence-corrected chi connectivity index (χ2v) is 9.30. The van der Waals surface area contributed by atoms with Gasteiger partial charge in [-0.1, -0.05) is 0 Å². The SMILES string of the molecule is CCS(=O)(=O)NC[C@H]1CCC2(CN(Cc3nccs3)C2)OC1. The van der Waals surface area contributed by atoms with Gasteiger partial charge in [0.1, 0.15) is 5.01 Å². The van der Waals surface area contributed by atoms with Crippen molar-refractivity contribution < 1.29 is 13.2 Å². The molecule has 3 heterocycles. The third kappa shape index (κ3) is 3.86. The third-order valence-corrected chi connectivity index (χ3v) is 6.60. The van der Waals surface area contributed by atoms with Crippen molar-refractivity contribution >= 4 is 21.4 Å². The zero-order chi connectivity index (χ0) is 15.6. The van der Waals surface area contributed by atoms with E-state index < -0.39 is 10.0 Å². The predicted molar refractivity (Wildman–Crippen MR) is 86.3 cm³/mol. The van der Waals surface area contributed by atoms with Gasteiger partial charge in [-0.05, 0) is 25.7 Å². The molecule has 1 aromatic rings. The molecule has 6 nitrogen and oxygen atoms in total. The van der Waals surface area contributed by atoms with Crippen LogP contribution in [-0.4, -0.2) is 55.9 Å². The maximum atomic E-state index is 11.5. The van der Waals surface area contributed by atoms with Crippen LogP contribution in [0, 0.1) is 5.92 Å². The Morgan fingerprint density at radius 3 is 2.95 bits per heavy atom. The van der Waals surface area contributed by atoms with Crippen molar-refractivity contribution in [3.05, 3.63) is 16.6 Å². The molecule has 0 saturated carbocycles. The van der Waals surface area contributed by atoms with E-state index in [9.17, 15) is 8.42 Å². The highest BCUT2D eigenvalue weighted by atomic mass is 32.2. The molecule has 0 aromatic carbocycles. The summed E-state index contributed by atoms with van der Waals surface area (Å²) in [5, 5.41) is 3.15. The topological polar surface area (TPSA) is 71.5 Å².